The van der Waals surface area contributed by atoms with E-state index < -0.39 is 0 Å². The second-order valence-electron chi connectivity index (χ2n) is 7.08. The first-order valence-electron chi connectivity index (χ1n) is 9.69. The van der Waals surface area contributed by atoms with Crippen LogP contribution in [0.1, 0.15) is 30.4 Å². The highest BCUT2D eigenvalue weighted by Gasteiger charge is 2.26. The average molecular weight is 506 g/mol. The highest BCUT2D eigenvalue weighted by Crippen LogP contribution is 2.26. The fraction of sp³-hybridized carbons (Fsp3) is 0.400. The minimum Gasteiger partial charge on any atom is -0.357 e. The first-order chi connectivity index (χ1) is 13.7. The standard InChI is InChI=1S/C20H26N8.HI/c1-3-21-20(28-8-7-17(13-28)18-11-25-27(2)12-18)22-10-15-5-4-6-16(9-15)19-23-14-24-26-19;/h4-6,9,11-12,14,17H,3,7-8,10,13H2,1-2H3,(H,21,22)(H,23,24,26);1H. The number of nitrogens with zero attached hydrogens (tertiary/aromatic N) is 6. The molecule has 0 aliphatic carbocycles. The Morgan fingerprint density at radius 2 is 2.28 bits per heavy atom. The lowest BCUT2D eigenvalue weighted by molar-refractivity contribution is 0.486. The summed E-state index contributed by atoms with van der Waals surface area (Å²) in [7, 11) is 1.97. The second kappa shape index (κ2) is 9.86. The number of likely N-dealkylation sites (tertiary alicyclic amines) is 1. The third-order valence-electron chi connectivity index (χ3n) is 5.05. The largest absolute Gasteiger partial charge is 0.357 e. The van der Waals surface area contributed by atoms with Crippen molar-refractivity contribution in [2.24, 2.45) is 12.0 Å². The molecule has 8 nitrogen and oxygen atoms in total. The van der Waals surface area contributed by atoms with Crippen molar-refractivity contribution in [2.45, 2.75) is 25.8 Å². The molecule has 0 bridgehead atoms. The lowest BCUT2D eigenvalue weighted by Gasteiger charge is -2.21. The van der Waals surface area contributed by atoms with Gasteiger partial charge in [0.05, 0.1) is 12.7 Å². The average Bonchev–Trinajstić information content (AvgIpc) is 3.46. The highest BCUT2D eigenvalue weighted by atomic mass is 127. The molecule has 2 N–H and O–H groups in total. The summed E-state index contributed by atoms with van der Waals surface area (Å²) in [5.41, 5.74) is 3.47. The molecule has 1 atom stereocenters. The van der Waals surface area contributed by atoms with Gasteiger partial charge in [0, 0.05) is 44.4 Å². The molecule has 0 amide bonds. The molecule has 2 aromatic heterocycles. The van der Waals surface area contributed by atoms with Crippen molar-refractivity contribution in [1.82, 2.24) is 35.2 Å². The molecule has 1 fully saturated rings. The minimum absolute atomic E-state index is 0. The lowest BCUT2D eigenvalue weighted by atomic mass is 10.0. The number of aromatic nitrogens is 5. The van der Waals surface area contributed by atoms with Crippen LogP contribution in [0.5, 0.6) is 0 Å². The normalized spacial score (nSPS) is 16.7. The van der Waals surface area contributed by atoms with Crippen LogP contribution in [0, 0.1) is 0 Å². The van der Waals surface area contributed by atoms with Crippen molar-refractivity contribution < 1.29 is 0 Å². The number of aryl methyl sites for hydroxylation is 1. The van der Waals surface area contributed by atoms with Crippen molar-refractivity contribution in [1.29, 1.82) is 0 Å². The maximum Gasteiger partial charge on any atom is 0.194 e. The third kappa shape index (κ3) is 5.14. The summed E-state index contributed by atoms with van der Waals surface area (Å²) in [6.45, 7) is 5.55. The fourth-order valence-corrected chi connectivity index (χ4v) is 3.63. The fourth-order valence-electron chi connectivity index (χ4n) is 3.63. The van der Waals surface area contributed by atoms with Gasteiger partial charge < -0.3 is 10.2 Å². The molecular weight excluding hydrogens is 479 g/mol. The number of hydrogen-bond donors (Lipinski definition) is 2. The molecule has 154 valence electrons. The Kier molecular flexibility index (Phi) is 7.24. The molecule has 4 rings (SSSR count). The summed E-state index contributed by atoms with van der Waals surface area (Å²) < 4.78 is 1.87. The zero-order valence-corrected chi connectivity index (χ0v) is 19.1. The van der Waals surface area contributed by atoms with E-state index in [4.69, 9.17) is 4.99 Å². The van der Waals surface area contributed by atoms with Crippen LogP contribution >= 0.6 is 24.0 Å². The number of halogens is 1. The van der Waals surface area contributed by atoms with E-state index in [2.05, 4.69) is 55.8 Å². The topological polar surface area (TPSA) is 87.0 Å². The van der Waals surface area contributed by atoms with Gasteiger partial charge in [-0.2, -0.15) is 10.2 Å². The maximum absolute atomic E-state index is 4.89. The van der Waals surface area contributed by atoms with Gasteiger partial charge in [-0.15, -0.1) is 24.0 Å². The number of H-pyrrole nitrogens is 1. The van der Waals surface area contributed by atoms with E-state index in [1.807, 2.05) is 30.1 Å². The van der Waals surface area contributed by atoms with Crippen molar-refractivity contribution in [3.8, 4) is 11.4 Å². The Morgan fingerprint density at radius 1 is 1.38 bits per heavy atom. The molecule has 1 unspecified atom stereocenters. The molecule has 0 saturated carbocycles. The third-order valence-corrected chi connectivity index (χ3v) is 5.05. The van der Waals surface area contributed by atoms with Crippen LogP contribution in [0.25, 0.3) is 11.4 Å². The van der Waals surface area contributed by atoms with Gasteiger partial charge in [0.25, 0.3) is 0 Å². The first-order valence-corrected chi connectivity index (χ1v) is 9.69. The minimum atomic E-state index is 0. The molecule has 1 aliphatic rings. The van der Waals surface area contributed by atoms with E-state index in [-0.39, 0.29) is 24.0 Å². The SMILES string of the molecule is CCNC(=NCc1cccc(-c2ncn[nH]2)c1)N1CCC(c2cnn(C)c2)C1.I. The Bertz CT molecular complexity index is 934. The molecule has 0 spiro atoms. The summed E-state index contributed by atoms with van der Waals surface area (Å²) in [4.78, 5) is 11.5. The molecular formula is C20H27IN8. The van der Waals surface area contributed by atoms with Crippen LogP contribution in [0.15, 0.2) is 48.0 Å². The smallest absolute Gasteiger partial charge is 0.194 e. The summed E-state index contributed by atoms with van der Waals surface area (Å²) in [5.74, 6) is 2.25. The van der Waals surface area contributed by atoms with Crippen molar-refractivity contribution in [2.75, 3.05) is 19.6 Å². The van der Waals surface area contributed by atoms with Gasteiger partial charge >= 0.3 is 0 Å². The molecule has 9 heteroatoms. The van der Waals surface area contributed by atoms with E-state index in [1.165, 1.54) is 11.9 Å². The quantitative estimate of drug-likeness (QED) is 0.316. The lowest BCUT2D eigenvalue weighted by Crippen LogP contribution is -2.40. The summed E-state index contributed by atoms with van der Waals surface area (Å²) in [6.07, 6.45) is 6.74. The number of aliphatic imine (C=N–C) groups is 1. The van der Waals surface area contributed by atoms with Crippen LogP contribution in [-0.2, 0) is 13.6 Å². The molecule has 1 aromatic carbocycles. The number of rotatable bonds is 5. The van der Waals surface area contributed by atoms with Crippen LogP contribution in [0.3, 0.4) is 0 Å². The first kappa shape index (κ1) is 21.3. The number of aromatic amines is 1. The molecule has 3 aromatic rings. The number of hydrogen-bond acceptors (Lipinski definition) is 4. The van der Waals surface area contributed by atoms with Crippen molar-refractivity contribution in [3.05, 3.63) is 54.1 Å². The van der Waals surface area contributed by atoms with Crippen LogP contribution in [0.4, 0.5) is 0 Å². The number of benzene rings is 1. The van der Waals surface area contributed by atoms with Gasteiger partial charge in [-0.25, -0.2) is 9.98 Å². The zero-order valence-electron chi connectivity index (χ0n) is 16.7. The Morgan fingerprint density at radius 3 is 3.00 bits per heavy atom. The summed E-state index contributed by atoms with van der Waals surface area (Å²) in [5, 5.41) is 14.6. The Balaban J connectivity index is 0.00000240. The molecule has 1 aliphatic heterocycles. The second-order valence-corrected chi connectivity index (χ2v) is 7.08. The van der Waals surface area contributed by atoms with E-state index >= 15 is 0 Å². The van der Waals surface area contributed by atoms with Gasteiger partial charge in [-0.05, 0) is 30.5 Å². The van der Waals surface area contributed by atoms with E-state index in [1.54, 1.807) is 0 Å². The van der Waals surface area contributed by atoms with Gasteiger partial charge in [0.2, 0.25) is 0 Å². The monoisotopic (exact) mass is 506 g/mol. The Labute approximate surface area is 187 Å². The van der Waals surface area contributed by atoms with Crippen molar-refractivity contribution >= 4 is 29.9 Å². The van der Waals surface area contributed by atoms with Gasteiger partial charge in [0.1, 0.15) is 6.33 Å². The van der Waals surface area contributed by atoms with Crippen LogP contribution in [-0.4, -0.2) is 55.5 Å². The van der Waals surface area contributed by atoms with Crippen LogP contribution in [0.2, 0.25) is 0 Å². The Hall–Kier alpha value is -2.43. The molecule has 3 heterocycles. The number of nitrogens with one attached hydrogen (secondary N) is 2. The highest BCUT2D eigenvalue weighted by molar-refractivity contribution is 14.0. The molecule has 0 radical (unpaired) electrons. The van der Waals surface area contributed by atoms with Crippen molar-refractivity contribution in [3.63, 3.8) is 0 Å². The van der Waals surface area contributed by atoms with Gasteiger partial charge in [0.15, 0.2) is 11.8 Å². The van der Waals surface area contributed by atoms with E-state index in [0.717, 1.165) is 49.0 Å². The predicted octanol–water partition coefficient (Wildman–Crippen LogP) is 2.78. The summed E-state index contributed by atoms with van der Waals surface area (Å²) in [6, 6.07) is 8.26. The molecule has 29 heavy (non-hydrogen) atoms. The predicted molar refractivity (Wildman–Crippen MR) is 124 cm³/mol. The number of guanidine groups is 1. The zero-order chi connectivity index (χ0) is 19.3. The van der Waals surface area contributed by atoms with Gasteiger partial charge in [-0.1, -0.05) is 18.2 Å². The molecule has 1 saturated heterocycles. The van der Waals surface area contributed by atoms with Gasteiger partial charge in [-0.3, -0.25) is 9.78 Å². The van der Waals surface area contributed by atoms with Crippen LogP contribution < -0.4 is 5.32 Å². The van der Waals surface area contributed by atoms with E-state index in [9.17, 15) is 0 Å². The maximum atomic E-state index is 4.89. The van der Waals surface area contributed by atoms with E-state index in [0.29, 0.717) is 12.5 Å². The summed E-state index contributed by atoms with van der Waals surface area (Å²) >= 11 is 0.